The van der Waals surface area contributed by atoms with Crippen LogP contribution in [0.1, 0.15) is 16.2 Å². The van der Waals surface area contributed by atoms with Crippen LogP contribution < -0.4 is 16.2 Å². The molecular formula is C12H12N4O2. The first-order valence-corrected chi connectivity index (χ1v) is 5.23. The van der Waals surface area contributed by atoms with E-state index in [1.165, 1.54) is 6.07 Å². The minimum atomic E-state index is -0.483. The molecule has 0 unspecified atom stereocenters. The van der Waals surface area contributed by atoms with E-state index >= 15 is 0 Å². The number of primary amides is 1. The number of aromatic nitrogens is 2. The van der Waals surface area contributed by atoms with E-state index in [-0.39, 0.29) is 0 Å². The van der Waals surface area contributed by atoms with Crippen LogP contribution in [0.15, 0.2) is 30.3 Å². The van der Waals surface area contributed by atoms with E-state index < -0.39 is 5.91 Å². The Morgan fingerprint density at radius 2 is 1.89 bits per heavy atom. The maximum atomic E-state index is 10.9. The topological polar surface area (TPSA) is 104 Å². The summed E-state index contributed by atoms with van der Waals surface area (Å²) in [6.07, 6.45) is 0. The van der Waals surface area contributed by atoms with Crippen LogP contribution in [-0.4, -0.2) is 15.9 Å². The summed E-state index contributed by atoms with van der Waals surface area (Å²) in [5.74, 6) is 1.28. The summed E-state index contributed by atoms with van der Waals surface area (Å²) in [4.78, 5) is 18.9. The van der Waals surface area contributed by atoms with E-state index in [0.29, 0.717) is 28.8 Å². The number of carbonyl (C=O) groups is 1. The molecule has 1 aromatic heterocycles. The zero-order valence-corrected chi connectivity index (χ0v) is 9.75. The fourth-order valence-electron chi connectivity index (χ4n) is 1.42. The van der Waals surface area contributed by atoms with Crippen molar-refractivity contribution in [1.29, 1.82) is 0 Å². The van der Waals surface area contributed by atoms with Gasteiger partial charge in [-0.05, 0) is 31.2 Å². The first-order chi connectivity index (χ1) is 8.54. The maximum Gasteiger partial charge on any atom is 0.248 e. The highest BCUT2D eigenvalue weighted by Gasteiger charge is 2.04. The van der Waals surface area contributed by atoms with Gasteiger partial charge in [0.15, 0.2) is 0 Å². The predicted molar refractivity (Wildman–Crippen MR) is 66.2 cm³/mol. The Balaban J connectivity index is 2.20. The molecule has 0 aliphatic heterocycles. The van der Waals surface area contributed by atoms with E-state index in [9.17, 15) is 4.79 Å². The van der Waals surface area contributed by atoms with Gasteiger partial charge >= 0.3 is 0 Å². The summed E-state index contributed by atoms with van der Waals surface area (Å²) in [5, 5.41) is 0. The molecule has 0 fully saturated rings. The number of rotatable bonds is 3. The van der Waals surface area contributed by atoms with Gasteiger partial charge in [-0.3, -0.25) is 4.79 Å². The number of amides is 1. The Kier molecular flexibility index (Phi) is 3.09. The van der Waals surface area contributed by atoms with Crippen molar-refractivity contribution in [1.82, 2.24) is 9.97 Å². The lowest BCUT2D eigenvalue weighted by Gasteiger charge is -2.06. The lowest BCUT2D eigenvalue weighted by atomic mass is 10.2. The third-order valence-electron chi connectivity index (χ3n) is 2.20. The Bertz CT molecular complexity index is 561. The summed E-state index contributed by atoms with van der Waals surface area (Å²) >= 11 is 0. The third-order valence-corrected chi connectivity index (χ3v) is 2.20. The van der Waals surface area contributed by atoms with Gasteiger partial charge in [-0.15, -0.1) is 0 Å². The standard InChI is InChI=1S/C12H12N4O2/c1-7-15-10(13)6-11(16-7)18-9-4-2-8(3-5-9)12(14)17/h2-6H,1H3,(H2,14,17)(H2,13,15,16). The third kappa shape index (κ3) is 2.73. The maximum absolute atomic E-state index is 10.9. The van der Waals surface area contributed by atoms with Gasteiger partial charge in [-0.25, -0.2) is 4.98 Å². The van der Waals surface area contributed by atoms with E-state index in [0.717, 1.165) is 0 Å². The van der Waals surface area contributed by atoms with Gasteiger partial charge < -0.3 is 16.2 Å². The number of carbonyl (C=O) groups excluding carboxylic acids is 1. The molecular weight excluding hydrogens is 232 g/mol. The van der Waals surface area contributed by atoms with Crippen molar-refractivity contribution < 1.29 is 9.53 Å². The molecule has 1 aromatic carbocycles. The fourth-order valence-corrected chi connectivity index (χ4v) is 1.42. The SMILES string of the molecule is Cc1nc(N)cc(Oc2ccc(C(N)=O)cc2)n1. The molecule has 0 aliphatic rings. The molecule has 0 aliphatic carbocycles. The Morgan fingerprint density at radius 1 is 1.22 bits per heavy atom. The van der Waals surface area contributed by atoms with Gasteiger partial charge in [0.25, 0.3) is 0 Å². The molecule has 1 heterocycles. The van der Waals surface area contributed by atoms with Crippen LogP contribution in [0, 0.1) is 6.92 Å². The average Bonchev–Trinajstić information content (AvgIpc) is 2.28. The van der Waals surface area contributed by atoms with E-state index in [1.807, 2.05) is 0 Å². The molecule has 18 heavy (non-hydrogen) atoms. The number of nitrogens with zero attached hydrogens (tertiary/aromatic N) is 2. The van der Waals surface area contributed by atoms with Crippen molar-refractivity contribution in [3.8, 4) is 11.6 Å². The summed E-state index contributed by atoms with van der Waals surface area (Å²) < 4.78 is 5.49. The minimum absolute atomic E-state index is 0.339. The molecule has 2 aromatic rings. The Labute approximate surface area is 104 Å². The van der Waals surface area contributed by atoms with Gasteiger partial charge in [0.1, 0.15) is 17.4 Å². The quantitative estimate of drug-likeness (QED) is 0.845. The zero-order valence-electron chi connectivity index (χ0n) is 9.75. The van der Waals surface area contributed by atoms with Gasteiger partial charge in [0, 0.05) is 11.6 Å². The predicted octanol–water partition coefficient (Wildman–Crippen LogP) is 1.26. The Hall–Kier alpha value is -2.63. The van der Waals surface area contributed by atoms with Gasteiger partial charge in [-0.1, -0.05) is 0 Å². The number of nitrogens with two attached hydrogens (primary N) is 2. The van der Waals surface area contributed by atoms with Crippen LogP contribution in [0.4, 0.5) is 5.82 Å². The van der Waals surface area contributed by atoms with Crippen molar-refractivity contribution in [3.05, 3.63) is 41.7 Å². The summed E-state index contributed by atoms with van der Waals surface area (Å²) in [5.41, 5.74) is 11.1. The monoisotopic (exact) mass is 244 g/mol. The first-order valence-electron chi connectivity index (χ1n) is 5.23. The number of nitrogen functional groups attached to an aromatic ring is 1. The number of ether oxygens (including phenoxy) is 1. The van der Waals surface area contributed by atoms with E-state index in [4.69, 9.17) is 16.2 Å². The number of benzene rings is 1. The number of anilines is 1. The molecule has 0 radical (unpaired) electrons. The molecule has 0 spiro atoms. The minimum Gasteiger partial charge on any atom is -0.439 e. The lowest BCUT2D eigenvalue weighted by molar-refractivity contribution is 0.100. The highest BCUT2D eigenvalue weighted by molar-refractivity contribution is 5.92. The van der Waals surface area contributed by atoms with E-state index in [1.54, 1.807) is 31.2 Å². The van der Waals surface area contributed by atoms with Crippen molar-refractivity contribution >= 4 is 11.7 Å². The van der Waals surface area contributed by atoms with Crippen LogP contribution in [0.5, 0.6) is 11.6 Å². The molecule has 0 bridgehead atoms. The molecule has 2 rings (SSSR count). The number of hydrogen-bond donors (Lipinski definition) is 2. The van der Waals surface area contributed by atoms with Gasteiger partial charge in [-0.2, -0.15) is 4.98 Å². The second-order valence-corrected chi connectivity index (χ2v) is 3.67. The van der Waals surface area contributed by atoms with Crippen LogP contribution in [0.2, 0.25) is 0 Å². The largest absolute Gasteiger partial charge is 0.439 e. The number of aryl methyl sites for hydroxylation is 1. The molecule has 1 amide bonds. The van der Waals surface area contributed by atoms with Crippen LogP contribution in [0.25, 0.3) is 0 Å². The molecule has 0 saturated heterocycles. The smallest absolute Gasteiger partial charge is 0.248 e. The normalized spacial score (nSPS) is 10.1. The van der Waals surface area contributed by atoms with Crippen LogP contribution in [0.3, 0.4) is 0 Å². The summed E-state index contributed by atoms with van der Waals surface area (Å²) in [6.45, 7) is 1.72. The summed E-state index contributed by atoms with van der Waals surface area (Å²) in [6, 6.07) is 7.95. The Morgan fingerprint density at radius 3 is 2.44 bits per heavy atom. The molecule has 92 valence electrons. The van der Waals surface area contributed by atoms with Crippen LogP contribution >= 0.6 is 0 Å². The van der Waals surface area contributed by atoms with Crippen molar-refractivity contribution in [2.24, 2.45) is 5.73 Å². The highest BCUT2D eigenvalue weighted by Crippen LogP contribution is 2.20. The molecule has 4 N–H and O–H groups in total. The van der Waals surface area contributed by atoms with Gasteiger partial charge in [0.2, 0.25) is 11.8 Å². The van der Waals surface area contributed by atoms with E-state index in [2.05, 4.69) is 9.97 Å². The average molecular weight is 244 g/mol. The molecule has 0 atom stereocenters. The second-order valence-electron chi connectivity index (χ2n) is 3.67. The van der Waals surface area contributed by atoms with Crippen LogP contribution in [-0.2, 0) is 0 Å². The zero-order chi connectivity index (χ0) is 13.1. The first kappa shape index (κ1) is 11.8. The van der Waals surface area contributed by atoms with Gasteiger partial charge in [0.05, 0.1) is 0 Å². The highest BCUT2D eigenvalue weighted by atomic mass is 16.5. The second kappa shape index (κ2) is 4.70. The molecule has 0 saturated carbocycles. The van der Waals surface area contributed by atoms with Crippen molar-refractivity contribution in [3.63, 3.8) is 0 Å². The van der Waals surface area contributed by atoms with Crippen molar-refractivity contribution in [2.45, 2.75) is 6.92 Å². The lowest BCUT2D eigenvalue weighted by Crippen LogP contribution is -2.10. The molecule has 6 nitrogen and oxygen atoms in total. The summed E-state index contributed by atoms with van der Waals surface area (Å²) in [7, 11) is 0. The molecule has 6 heteroatoms. The van der Waals surface area contributed by atoms with Crippen molar-refractivity contribution in [2.75, 3.05) is 5.73 Å². The number of hydrogen-bond acceptors (Lipinski definition) is 5. The fraction of sp³-hybridized carbons (Fsp3) is 0.0833.